The molecule has 2 N–H and O–H groups in total. The number of alkyl halides is 3. The lowest BCUT2D eigenvalue weighted by atomic mass is 10.2. The van der Waals surface area contributed by atoms with Crippen LogP contribution in [0.5, 0.6) is 11.8 Å². The minimum absolute atomic E-state index is 0.0456. The summed E-state index contributed by atoms with van der Waals surface area (Å²) in [5.74, 6) is -1.92. The number of methoxy groups -OCH3 is 1. The minimum Gasteiger partial charge on any atom is -0.465 e. The highest BCUT2D eigenvalue weighted by molar-refractivity contribution is 7.18. The zero-order chi connectivity index (χ0) is 26.0. The van der Waals surface area contributed by atoms with Crippen molar-refractivity contribution in [1.29, 1.82) is 10.8 Å². The highest BCUT2D eigenvalue weighted by atomic mass is 32.1. The molecule has 4 rings (SSSR count). The third-order valence-corrected chi connectivity index (χ3v) is 6.58. The van der Waals surface area contributed by atoms with E-state index in [4.69, 9.17) is 20.3 Å². The molecule has 0 radical (unpaired) electrons. The lowest BCUT2D eigenvalue weighted by Crippen LogP contribution is -2.55. The summed E-state index contributed by atoms with van der Waals surface area (Å²) in [5.41, 5.74) is 0.184. The number of aryl methyl sites for hydroxylation is 1. The van der Waals surface area contributed by atoms with Gasteiger partial charge in [0.1, 0.15) is 27.8 Å². The first-order valence-electron chi connectivity index (χ1n) is 11.0. The molecule has 1 aliphatic heterocycles. The number of fused-ring (bicyclic) bond motifs is 1. The van der Waals surface area contributed by atoms with Crippen LogP contribution in [0, 0.1) is 10.8 Å². The van der Waals surface area contributed by atoms with E-state index in [0.717, 1.165) is 17.7 Å². The summed E-state index contributed by atoms with van der Waals surface area (Å²) < 4.78 is 49.8. The first kappa shape index (κ1) is 25.4. The van der Waals surface area contributed by atoms with Crippen LogP contribution < -0.4 is 9.64 Å². The van der Waals surface area contributed by atoms with Crippen LogP contribution in [0.2, 0.25) is 0 Å². The van der Waals surface area contributed by atoms with Gasteiger partial charge < -0.3 is 19.3 Å². The number of nitrogens with one attached hydrogen (secondary N) is 2. The Kier molecular flexibility index (Phi) is 7.11. The Hall–Kier alpha value is -3.74. The monoisotopic (exact) mass is 520 g/mol. The maximum Gasteiger partial charge on any atom is 0.449 e. The van der Waals surface area contributed by atoms with Gasteiger partial charge in [0.2, 0.25) is 5.84 Å². The van der Waals surface area contributed by atoms with E-state index in [1.165, 1.54) is 18.4 Å². The van der Waals surface area contributed by atoms with Gasteiger partial charge in [-0.05, 0) is 24.6 Å². The maximum atomic E-state index is 13.0. The fourth-order valence-electron chi connectivity index (χ4n) is 3.81. The topological polar surface area (TPSA) is 115 Å². The third kappa shape index (κ3) is 5.10. The molecule has 2 aromatic heterocycles. The van der Waals surface area contributed by atoms with Gasteiger partial charge in [-0.3, -0.25) is 10.8 Å². The molecule has 190 valence electrons. The minimum atomic E-state index is -4.84. The van der Waals surface area contributed by atoms with E-state index in [0.29, 0.717) is 20.9 Å². The number of thiophene rings is 1. The standard InChI is InChI=1S/C23H23F3N6O3S/c1-3-6-13-11-15-18(31-9-10-32(17(27)12-31)21(28)23(24,25)26)29-22(30-19(15)36-13)35-16-8-5-4-7-14(16)20(33)34-2/h4-5,7-8,11,27-28H,3,6,9-10,12H2,1-2H3. The first-order valence-corrected chi connectivity index (χ1v) is 11.8. The molecule has 3 heterocycles. The lowest BCUT2D eigenvalue weighted by molar-refractivity contribution is -0.0671. The predicted octanol–water partition coefficient (Wildman–Crippen LogP) is 4.86. The number of esters is 1. The van der Waals surface area contributed by atoms with Crippen molar-refractivity contribution in [3.63, 3.8) is 0 Å². The van der Waals surface area contributed by atoms with Gasteiger partial charge in [0.05, 0.1) is 19.0 Å². The first-order chi connectivity index (χ1) is 17.1. The van der Waals surface area contributed by atoms with Crippen molar-refractivity contribution in [3.8, 4) is 11.8 Å². The molecule has 0 saturated carbocycles. The quantitative estimate of drug-likeness (QED) is 0.271. The number of amidine groups is 2. The molecule has 13 heteroatoms. The van der Waals surface area contributed by atoms with Crippen LogP contribution in [0.15, 0.2) is 30.3 Å². The van der Waals surface area contributed by atoms with Crippen LogP contribution >= 0.6 is 11.3 Å². The Morgan fingerprint density at radius 2 is 1.97 bits per heavy atom. The largest absolute Gasteiger partial charge is 0.465 e. The predicted molar refractivity (Wildman–Crippen MR) is 130 cm³/mol. The molecule has 1 aliphatic rings. The number of benzene rings is 1. The van der Waals surface area contributed by atoms with Gasteiger partial charge in [0, 0.05) is 18.0 Å². The SMILES string of the molecule is CCCc1cc2c(N3CCN(C(=N)C(F)(F)F)C(=N)C3)nc(Oc3ccccc3C(=O)OC)nc2s1. The van der Waals surface area contributed by atoms with E-state index in [2.05, 4.69) is 9.97 Å². The summed E-state index contributed by atoms with van der Waals surface area (Å²) in [7, 11) is 1.26. The summed E-state index contributed by atoms with van der Waals surface area (Å²) >= 11 is 1.45. The summed E-state index contributed by atoms with van der Waals surface area (Å²) in [5, 5.41) is 16.3. The molecule has 0 atom stereocenters. The van der Waals surface area contributed by atoms with Crippen molar-refractivity contribution in [2.24, 2.45) is 0 Å². The number of carbonyl (C=O) groups is 1. The Bertz CT molecular complexity index is 1330. The molecule has 36 heavy (non-hydrogen) atoms. The Morgan fingerprint density at radius 1 is 1.22 bits per heavy atom. The number of para-hydroxylation sites is 1. The van der Waals surface area contributed by atoms with Crippen LogP contribution in [-0.4, -0.2) is 65.4 Å². The number of halogens is 3. The van der Waals surface area contributed by atoms with Crippen molar-refractivity contribution in [3.05, 3.63) is 40.8 Å². The number of ether oxygens (including phenoxy) is 2. The van der Waals surface area contributed by atoms with E-state index in [9.17, 15) is 18.0 Å². The second-order valence-corrected chi connectivity index (χ2v) is 9.08. The average Bonchev–Trinajstić information content (AvgIpc) is 3.25. The number of aromatic nitrogens is 2. The van der Waals surface area contributed by atoms with Gasteiger partial charge in [-0.25, -0.2) is 4.79 Å². The highest BCUT2D eigenvalue weighted by Crippen LogP contribution is 2.35. The Morgan fingerprint density at radius 3 is 2.64 bits per heavy atom. The molecule has 1 aromatic carbocycles. The van der Waals surface area contributed by atoms with Gasteiger partial charge in [0.15, 0.2) is 0 Å². The summed E-state index contributed by atoms with van der Waals surface area (Å²) in [6.45, 7) is 1.77. The average molecular weight is 521 g/mol. The molecule has 1 saturated heterocycles. The number of carbonyl (C=O) groups excluding carboxylic acids is 1. The van der Waals surface area contributed by atoms with Crippen LogP contribution in [0.4, 0.5) is 19.0 Å². The zero-order valence-electron chi connectivity index (χ0n) is 19.5. The fraction of sp³-hybridized carbons (Fsp3) is 0.348. The molecular weight excluding hydrogens is 497 g/mol. The van der Waals surface area contributed by atoms with Gasteiger partial charge in [-0.15, -0.1) is 11.3 Å². The Labute approximate surface area is 208 Å². The summed E-state index contributed by atoms with van der Waals surface area (Å²) in [6.07, 6.45) is -3.12. The van der Waals surface area contributed by atoms with Gasteiger partial charge >= 0.3 is 18.2 Å². The molecule has 9 nitrogen and oxygen atoms in total. The van der Waals surface area contributed by atoms with E-state index >= 15 is 0 Å². The molecule has 3 aromatic rings. The third-order valence-electron chi connectivity index (χ3n) is 5.49. The van der Waals surface area contributed by atoms with Gasteiger partial charge in [-0.1, -0.05) is 25.5 Å². The van der Waals surface area contributed by atoms with Gasteiger partial charge in [0.25, 0.3) is 0 Å². The van der Waals surface area contributed by atoms with E-state index in [1.807, 2.05) is 13.0 Å². The lowest BCUT2D eigenvalue weighted by Gasteiger charge is -2.37. The van der Waals surface area contributed by atoms with Crippen molar-refractivity contribution in [1.82, 2.24) is 14.9 Å². The highest BCUT2D eigenvalue weighted by Gasteiger charge is 2.41. The molecule has 0 bridgehead atoms. The molecule has 0 amide bonds. The van der Waals surface area contributed by atoms with E-state index < -0.39 is 18.0 Å². The maximum absolute atomic E-state index is 13.0. The van der Waals surface area contributed by atoms with E-state index in [1.54, 1.807) is 29.2 Å². The normalized spacial score (nSPS) is 14.3. The molecule has 0 spiro atoms. The van der Waals surface area contributed by atoms with Crippen molar-refractivity contribution < 1.29 is 27.4 Å². The van der Waals surface area contributed by atoms with Crippen molar-refractivity contribution >= 4 is 45.0 Å². The number of hydrogen-bond acceptors (Lipinski definition) is 9. The van der Waals surface area contributed by atoms with Crippen LogP contribution in [0.25, 0.3) is 10.2 Å². The van der Waals surface area contributed by atoms with Crippen LogP contribution in [-0.2, 0) is 11.2 Å². The van der Waals surface area contributed by atoms with E-state index in [-0.39, 0.29) is 42.8 Å². The molecule has 1 fully saturated rings. The second kappa shape index (κ2) is 10.1. The van der Waals surface area contributed by atoms with Crippen molar-refractivity contribution in [2.75, 3.05) is 31.6 Å². The molecule has 0 unspecified atom stereocenters. The summed E-state index contributed by atoms with van der Waals surface area (Å²) in [6, 6.07) is 8.36. The number of nitrogens with zero attached hydrogens (tertiary/aromatic N) is 4. The summed E-state index contributed by atoms with van der Waals surface area (Å²) in [4.78, 5) is 25.2. The number of hydrogen-bond donors (Lipinski definition) is 2. The smallest absolute Gasteiger partial charge is 0.449 e. The second-order valence-electron chi connectivity index (χ2n) is 7.97. The fourth-order valence-corrected chi connectivity index (χ4v) is 4.92. The van der Waals surface area contributed by atoms with Gasteiger partial charge in [-0.2, -0.15) is 23.1 Å². The Balaban J connectivity index is 1.71. The zero-order valence-corrected chi connectivity index (χ0v) is 20.3. The number of piperazine rings is 1. The number of anilines is 1. The molecular formula is C23H23F3N6O3S. The van der Waals surface area contributed by atoms with Crippen LogP contribution in [0.1, 0.15) is 28.6 Å². The van der Waals surface area contributed by atoms with Crippen LogP contribution in [0.3, 0.4) is 0 Å². The number of rotatable bonds is 6. The molecule has 0 aliphatic carbocycles. The van der Waals surface area contributed by atoms with Crippen molar-refractivity contribution in [2.45, 2.75) is 25.9 Å².